The summed E-state index contributed by atoms with van der Waals surface area (Å²) in [5.41, 5.74) is 0.535. The summed E-state index contributed by atoms with van der Waals surface area (Å²) in [5, 5.41) is 13.5. The van der Waals surface area contributed by atoms with E-state index in [0.29, 0.717) is 12.2 Å². The predicted molar refractivity (Wildman–Crippen MR) is 92.6 cm³/mol. The van der Waals surface area contributed by atoms with E-state index in [-0.39, 0.29) is 17.8 Å². The van der Waals surface area contributed by atoms with Crippen LogP contribution in [0.5, 0.6) is 0 Å². The molecule has 2 aromatic rings. The number of hydrogen-bond donors (Lipinski definition) is 3. The Kier molecular flexibility index (Phi) is 5.30. The van der Waals surface area contributed by atoms with Crippen LogP contribution in [0.25, 0.3) is 0 Å². The largest absolute Gasteiger partial charge is 0.421 e. The minimum absolute atomic E-state index is 0.0957. The number of piperidine rings is 1. The van der Waals surface area contributed by atoms with Gasteiger partial charge in [0, 0.05) is 25.5 Å². The van der Waals surface area contributed by atoms with Gasteiger partial charge in [0.15, 0.2) is 0 Å². The Morgan fingerprint density at radius 2 is 2.19 bits per heavy atom. The van der Waals surface area contributed by atoms with Gasteiger partial charge in [0.05, 0.1) is 17.4 Å². The highest BCUT2D eigenvalue weighted by molar-refractivity contribution is 5.58. The Hall–Kier alpha value is -2.36. The monoisotopic (exact) mass is 369 g/mol. The third-order valence-corrected chi connectivity index (χ3v) is 4.25. The van der Waals surface area contributed by atoms with Crippen molar-refractivity contribution in [3.63, 3.8) is 0 Å². The number of halogens is 3. The zero-order valence-corrected chi connectivity index (χ0v) is 14.7. The van der Waals surface area contributed by atoms with Crippen LogP contribution in [0.15, 0.2) is 12.4 Å². The SMILES string of the molecule is CCNc1nc(Nc2cn(C3CCCNC3)nc2C)ncc1C(F)(F)F. The second-order valence-corrected chi connectivity index (χ2v) is 6.22. The van der Waals surface area contributed by atoms with Gasteiger partial charge in [-0.25, -0.2) is 4.98 Å². The van der Waals surface area contributed by atoms with Crippen LogP contribution in [0, 0.1) is 6.92 Å². The van der Waals surface area contributed by atoms with Crippen molar-refractivity contribution in [2.75, 3.05) is 30.3 Å². The van der Waals surface area contributed by atoms with Crippen molar-refractivity contribution in [3.8, 4) is 0 Å². The highest BCUT2D eigenvalue weighted by Gasteiger charge is 2.35. The molecular formula is C16H22F3N7. The van der Waals surface area contributed by atoms with Crippen LogP contribution in [-0.2, 0) is 6.18 Å². The number of alkyl halides is 3. The molecule has 0 radical (unpaired) electrons. The van der Waals surface area contributed by atoms with E-state index < -0.39 is 11.7 Å². The van der Waals surface area contributed by atoms with Crippen molar-refractivity contribution in [2.45, 2.75) is 38.9 Å². The van der Waals surface area contributed by atoms with Gasteiger partial charge in [-0.05, 0) is 33.2 Å². The Bertz CT molecular complexity index is 751. The number of hydrogen-bond acceptors (Lipinski definition) is 6. The van der Waals surface area contributed by atoms with Crippen LogP contribution in [-0.4, -0.2) is 39.4 Å². The summed E-state index contributed by atoms with van der Waals surface area (Å²) in [6.07, 6.45) is 0.249. The van der Waals surface area contributed by atoms with E-state index in [4.69, 9.17) is 0 Å². The minimum atomic E-state index is -4.51. The summed E-state index contributed by atoms with van der Waals surface area (Å²) in [4.78, 5) is 7.80. The molecule has 3 heterocycles. The first-order valence-corrected chi connectivity index (χ1v) is 8.60. The molecule has 26 heavy (non-hydrogen) atoms. The van der Waals surface area contributed by atoms with Gasteiger partial charge in [-0.1, -0.05) is 0 Å². The van der Waals surface area contributed by atoms with Crippen molar-refractivity contribution in [1.29, 1.82) is 0 Å². The maximum Gasteiger partial charge on any atom is 0.421 e. The Morgan fingerprint density at radius 1 is 1.38 bits per heavy atom. The Balaban J connectivity index is 1.82. The molecule has 0 aromatic carbocycles. The molecule has 1 saturated heterocycles. The van der Waals surface area contributed by atoms with Gasteiger partial charge in [0.1, 0.15) is 11.4 Å². The molecule has 1 atom stereocenters. The van der Waals surface area contributed by atoms with E-state index in [2.05, 4.69) is 31.0 Å². The summed E-state index contributed by atoms with van der Waals surface area (Å²) in [7, 11) is 0. The van der Waals surface area contributed by atoms with E-state index in [1.165, 1.54) is 0 Å². The lowest BCUT2D eigenvalue weighted by Crippen LogP contribution is -2.31. The number of aromatic nitrogens is 4. The molecule has 1 fully saturated rings. The molecule has 1 aliphatic heterocycles. The molecule has 0 saturated carbocycles. The van der Waals surface area contributed by atoms with Gasteiger partial charge in [-0.15, -0.1) is 0 Å². The summed E-state index contributed by atoms with van der Waals surface area (Å²) >= 11 is 0. The molecule has 142 valence electrons. The molecule has 10 heteroatoms. The number of aryl methyl sites for hydroxylation is 1. The average Bonchev–Trinajstić information content (AvgIpc) is 2.96. The van der Waals surface area contributed by atoms with Crippen molar-refractivity contribution in [2.24, 2.45) is 0 Å². The lowest BCUT2D eigenvalue weighted by molar-refractivity contribution is -0.137. The van der Waals surface area contributed by atoms with E-state index in [1.807, 2.05) is 17.8 Å². The van der Waals surface area contributed by atoms with E-state index in [1.54, 1.807) is 6.92 Å². The lowest BCUT2D eigenvalue weighted by atomic mass is 10.1. The topological polar surface area (TPSA) is 79.7 Å². The average molecular weight is 369 g/mol. The molecule has 1 unspecified atom stereocenters. The molecule has 0 amide bonds. The van der Waals surface area contributed by atoms with Crippen molar-refractivity contribution < 1.29 is 13.2 Å². The molecule has 3 N–H and O–H groups in total. The zero-order valence-electron chi connectivity index (χ0n) is 14.7. The lowest BCUT2D eigenvalue weighted by Gasteiger charge is -2.22. The van der Waals surface area contributed by atoms with E-state index >= 15 is 0 Å². The Morgan fingerprint density at radius 3 is 2.85 bits per heavy atom. The maximum absolute atomic E-state index is 13.0. The molecule has 3 rings (SSSR count). The first-order valence-electron chi connectivity index (χ1n) is 8.60. The fourth-order valence-electron chi connectivity index (χ4n) is 2.92. The van der Waals surface area contributed by atoms with Gasteiger partial charge in [0.2, 0.25) is 5.95 Å². The summed E-state index contributed by atoms with van der Waals surface area (Å²) in [6, 6.07) is 0.267. The fourth-order valence-corrected chi connectivity index (χ4v) is 2.92. The normalized spacial score (nSPS) is 18.0. The van der Waals surface area contributed by atoms with Crippen LogP contribution in [0.2, 0.25) is 0 Å². The molecule has 1 aliphatic rings. The maximum atomic E-state index is 13.0. The van der Waals surface area contributed by atoms with Gasteiger partial charge in [-0.3, -0.25) is 4.68 Å². The fraction of sp³-hybridized carbons (Fsp3) is 0.562. The summed E-state index contributed by atoms with van der Waals surface area (Å²) in [6.45, 7) is 5.73. The third-order valence-electron chi connectivity index (χ3n) is 4.25. The number of anilines is 3. The second kappa shape index (κ2) is 7.48. The van der Waals surface area contributed by atoms with Crippen LogP contribution in [0.1, 0.15) is 37.1 Å². The number of nitrogens with zero attached hydrogens (tertiary/aromatic N) is 4. The molecule has 7 nitrogen and oxygen atoms in total. The number of rotatable bonds is 5. The first kappa shape index (κ1) is 18.4. The van der Waals surface area contributed by atoms with Gasteiger partial charge in [-0.2, -0.15) is 23.3 Å². The van der Waals surface area contributed by atoms with Crippen molar-refractivity contribution in [1.82, 2.24) is 25.1 Å². The van der Waals surface area contributed by atoms with E-state index in [9.17, 15) is 13.2 Å². The number of nitrogens with one attached hydrogen (secondary N) is 3. The van der Waals surface area contributed by atoms with E-state index in [0.717, 1.165) is 37.8 Å². The molecule has 0 aliphatic carbocycles. The standard InChI is InChI=1S/C16H22F3N7/c1-3-21-14-12(16(17,18)19)8-22-15(24-14)23-13-9-26(25-10(13)2)11-5-4-6-20-7-11/h8-9,11,20H,3-7H2,1-2H3,(H2,21,22,23,24). The molecule has 0 bridgehead atoms. The minimum Gasteiger partial charge on any atom is -0.370 e. The van der Waals surface area contributed by atoms with Gasteiger partial charge in [0.25, 0.3) is 0 Å². The first-order chi connectivity index (χ1) is 12.4. The highest BCUT2D eigenvalue weighted by atomic mass is 19.4. The Labute approximate surface area is 149 Å². The molecular weight excluding hydrogens is 347 g/mol. The van der Waals surface area contributed by atoms with Gasteiger partial charge < -0.3 is 16.0 Å². The summed E-state index contributed by atoms with van der Waals surface area (Å²) in [5.74, 6) is -0.141. The zero-order chi connectivity index (χ0) is 18.7. The van der Waals surface area contributed by atoms with Crippen LogP contribution < -0.4 is 16.0 Å². The predicted octanol–water partition coefficient (Wildman–Crippen LogP) is 3.10. The van der Waals surface area contributed by atoms with Crippen molar-refractivity contribution >= 4 is 17.5 Å². The van der Waals surface area contributed by atoms with Crippen molar-refractivity contribution in [3.05, 3.63) is 23.7 Å². The van der Waals surface area contributed by atoms with Crippen LogP contribution in [0.3, 0.4) is 0 Å². The molecule has 2 aromatic heterocycles. The van der Waals surface area contributed by atoms with Crippen LogP contribution in [0.4, 0.5) is 30.6 Å². The smallest absolute Gasteiger partial charge is 0.370 e. The second-order valence-electron chi connectivity index (χ2n) is 6.22. The third kappa shape index (κ3) is 4.06. The molecule has 0 spiro atoms. The highest BCUT2D eigenvalue weighted by Crippen LogP contribution is 2.34. The summed E-state index contributed by atoms with van der Waals surface area (Å²) < 4.78 is 41.0. The quantitative estimate of drug-likeness (QED) is 0.752. The van der Waals surface area contributed by atoms with Crippen LogP contribution >= 0.6 is 0 Å². The van der Waals surface area contributed by atoms with Gasteiger partial charge >= 0.3 is 6.18 Å².